The average Bonchev–Trinajstić information content (AvgIpc) is 3.01. The van der Waals surface area contributed by atoms with Gasteiger partial charge < -0.3 is 9.88 Å². The molecule has 2 aromatic carbocycles. The number of fused-ring (bicyclic) bond motifs is 1. The van der Waals surface area contributed by atoms with Gasteiger partial charge in [0.2, 0.25) is 5.91 Å². The van der Waals surface area contributed by atoms with Crippen LogP contribution in [0.3, 0.4) is 0 Å². The van der Waals surface area contributed by atoms with Crippen LogP contribution in [0.4, 0.5) is 0 Å². The molecule has 3 rings (SSSR count). The summed E-state index contributed by atoms with van der Waals surface area (Å²) in [5, 5.41) is 14.9. The van der Waals surface area contributed by atoms with Gasteiger partial charge in [-0.15, -0.1) is 16.8 Å². The SMILES string of the molecule is C=CCn1c(Cc2cccc3ccccc23)nnc1SCC(=O)NC(C)(C)C. The van der Waals surface area contributed by atoms with E-state index in [2.05, 4.69) is 58.5 Å². The molecule has 0 fully saturated rings. The highest BCUT2D eigenvalue weighted by atomic mass is 32.2. The van der Waals surface area contributed by atoms with Gasteiger partial charge in [0.15, 0.2) is 5.16 Å². The molecule has 28 heavy (non-hydrogen) atoms. The fraction of sp³-hybridized carbons (Fsp3) is 0.318. The van der Waals surface area contributed by atoms with Crippen LogP contribution < -0.4 is 5.32 Å². The maximum absolute atomic E-state index is 12.1. The average molecular weight is 395 g/mol. The lowest BCUT2D eigenvalue weighted by molar-refractivity contribution is -0.119. The van der Waals surface area contributed by atoms with Crippen molar-refractivity contribution in [2.24, 2.45) is 0 Å². The number of aromatic nitrogens is 3. The molecule has 0 aliphatic rings. The Morgan fingerprint density at radius 2 is 1.93 bits per heavy atom. The number of amides is 1. The Hall–Kier alpha value is -2.60. The summed E-state index contributed by atoms with van der Waals surface area (Å²) >= 11 is 1.40. The number of carbonyl (C=O) groups excluding carboxylic acids is 1. The van der Waals surface area contributed by atoms with Crippen LogP contribution in [0.2, 0.25) is 0 Å². The lowest BCUT2D eigenvalue weighted by Crippen LogP contribution is -2.41. The van der Waals surface area contributed by atoms with Gasteiger partial charge in [0.05, 0.1) is 5.75 Å². The van der Waals surface area contributed by atoms with Crippen LogP contribution in [0.1, 0.15) is 32.2 Å². The third-order valence-corrected chi connectivity index (χ3v) is 5.15. The minimum atomic E-state index is -0.244. The summed E-state index contributed by atoms with van der Waals surface area (Å²) in [7, 11) is 0. The number of allylic oxidation sites excluding steroid dienone is 1. The molecule has 0 aliphatic heterocycles. The van der Waals surface area contributed by atoms with E-state index in [0.29, 0.717) is 18.7 Å². The second-order valence-electron chi connectivity index (χ2n) is 7.70. The van der Waals surface area contributed by atoms with Crippen LogP contribution in [0.5, 0.6) is 0 Å². The largest absolute Gasteiger partial charge is 0.351 e. The summed E-state index contributed by atoms with van der Waals surface area (Å²) in [5.41, 5.74) is 0.962. The molecule has 3 aromatic rings. The van der Waals surface area contributed by atoms with E-state index in [1.807, 2.05) is 37.5 Å². The van der Waals surface area contributed by atoms with Crippen molar-refractivity contribution in [3.8, 4) is 0 Å². The van der Waals surface area contributed by atoms with Crippen LogP contribution in [0.15, 0.2) is 60.3 Å². The first-order valence-electron chi connectivity index (χ1n) is 9.31. The van der Waals surface area contributed by atoms with Gasteiger partial charge in [-0.25, -0.2) is 0 Å². The minimum absolute atomic E-state index is 0.0127. The Labute approximate surface area is 170 Å². The van der Waals surface area contributed by atoms with Crippen molar-refractivity contribution in [1.29, 1.82) is 0 Å². The van der Waals surface area contributed by atoms with Gasteiger partial charge >= 0.3 is 0 Å². The van der Waals surface area contributed by atoms with Crippen LogP contribution in [-0.4, -0.2) is 32.0 Å². The van der Waals surface area contributed by atoms with E-state index in [1.165, 1.54) is 28.1 Å². The molecule has 1 amide bonds. The zero-order valence-corrected chi connectivity index (χ0v) is 17.4. The number of thioether (sulfide) groups is 1. The molecule has 0 bridgehead atoms. The van der Waals surface area contributed by atoms with Crippen LogP contribution >= 0.6 is 11.8 Å². The first-order chi connectivity index (χ1) is 13.4. The van der Waals surface area contributed by atoms with Gasteiger partial charge in [-0.05, 0) is 37.1 Å². The van der Waals surface area contributed by atoms with E-state index < -0.39 is 0 Å². The summed E-state index contributed by atoms with van der Waals surface area (Å²) in [5.74, 6) is 1.16. The standard InChI is InChI=1S/C22H26N4OS/c1-5-13-26-19(14-17-11-8-10-16-9-6-7-12-18(16)17)24-25-21(26)28-15-20(27)23-22(2,3)4/h5-12H,1,13-15H2,2-4H3,(H,23,27). The summed E-state index contributed by atoms with van der Waals surface area (Å²) in [6.45, 7) is 10.4. The zero-order chi connectivity index (χ0) is 20.1. The predicted octanol–water partition coefficient (Wildman–Crippen LogP) is 4.21. The molecule has 0 atom stereocenters. The molecule has 1 N–H and O–H groups in total. The van der Waals surface area contributed by atoms with Crippen molar-refractivity contribution in [3.05, 3.63) is 66.5 Å². The molecular formula is C22H26N4OS. The second-order valence-corrected chi connectivity index (χ2v) is 8.64. The number of hydrogen-bond acceptors (Lipinski definition) is 4. The molecule has 0 radical (unpaired) electrons. The molecule has 5 nitrogen and oxygen atoms in total. The maximum Gasteiger partial charge on any atom is 0.230 e. The molecule has 0 unspecified atom stereocenters. The van der Waals surface area contributed by atoms with Crippen LogP contribution in [-0.2, 0) is 17.8 Å². The second kappa shape index (κ2) is 8.61. The highest BCUT2D eigenvalue weighted by molar-refractivity contribution is 7.99. The Balaban J connectivity index is 1.80. The Bertz CT molecular complexity index is 982. The third-order valence-electron chi connectivity index (χ3n) is 4.18. The molecule has 0 saturated carbocycles. The van der Waals surface area contributed by atoms with Crippen LogP contribution in [0, 0.1) is 0 Å². The molecule has 1 heterocycles. The van der Waals surface area contributed by atoms with Gasteiger partial charge in [0.25, 0.3) is 0 Å². The highest BCUT2D eigenvalue weighted by Crippen LogP contribution is 2.23. The topological polar surface area (TPSA) is 59.8 Å². The lowest BCUT2D eigenvalue weighted by Gasteiger charge is -2.20. The molecule has 1 aromatic heterocycles. The monoisotopic (exact) mass is 394 g/mol. The molecule has 0 aliphatic carbocycles. The van der Waals surface area contributed by atoms with E-state index >= 15 is 0 Å². The summed E-state index contributed by atoms with van der Waals surface area (Å²) in [6, 6.07) is 14.6. The third kappa shape index (κ3) is 5.01. The van der Waals surface area contributed by atoms with E-state index in [4.69, 9.17) is 0 Å². The highest BCUT2D eigenvalue weighted by Gasteiger charge is 2.17. The van der Waals surface area contributed by atoms with Crippen molar-refractivity contribution in [2.75, 3.05) is 5.75 Å². The summed E-state index contributed by atoms with van der Waals surface area (Å²) in [4.78, 5) is 12.1. The maximum atomic E-state index is 12.1. The number of hydrogen-bond donors (Lipinski definition) is 1. The van der Waals surface area contributed by atoms with E-state index in [-0.39, 0.29) is 11.4 Å². The molecule has 0 saturated heterocycles. The Kier molecular flexibility index (Phi) is 6.19. The fourth-order valence-corrected chi connectivity index (χ4v) is 3.84. The summed E-state index contributed by atoms with van der Waals surface area (Å²) in [6.07, 6.45) is 2.51. The predicted molar refractivity (Wildman–Crippen MR) is 116 cm³/mol. The van der Waals surface area contributed by atoms with E-state index in [9.17, 15) is 4.79 Å². The van der Waals surface area contributed by atoms with Crippen molar-refractivity contribution < 1.29 is 4.79 Å². The summed E-state index contributed by atoms with van der Waals surface area (Å²) < 4.78 is 2.03. The Morgan fingerprint density at radius 3 is 2.68 bits per heavy atom. The van der Waals surface area contributed by atoms with Gasteiger partial charge in [-0.2, -0.15) is 0 Å². The first-order valence-corrected chi connectivity index (χ1v) is 10.3. The van der Waals surface area contributed by atoms with Crippen molar-refractivity contribution in [2.45, 2.75) is 44.4 Å². The van der Waals surface area contributed by atoms with Gasteiger partial charge in [0, 0.05) is 18.5 Å². The van der Waals surface area contributed by atoms with Crippen molar-refractivity contribution in [3.63, 3.8) is 0 Å². The molecule has 146 valence electrons. The minimum Gasteiger partial charge on any atom is -0.351 e. The number of nitrogens with zero attached hydrogens (tertiary/aromatic N) is 3. The van der Waals surface area contributed by atoms with Gasteiger partial charge in [0.1, 0.15) is 5.82 Å². The van der Waals surface area contributed by atoms with Crippen molar-refractivity contribution in [1.82, 2.24) is 20.1 Å². The lowest BCUT2D eigenvalue weighted by atomic mass is 10.0. The number of carbonyl (C=O) groups is 1. The normalized spacial score (nSPS) is 11.5. The van der Waals surface area contributed by atoms with E-state index in [1.54, 1.807) is 0 Å². The molecule has 0 spiro atoms. The number of nitrogens with one attached hydrogen (secondary N) is 1. The van der Waals surface area contributed by atoms with Crippen molar-refractivity contribution >= 4 is 28.4 Å². The Morgan fingerprint density at radius 1 is 1.18 bits per heavy atom. The molecular weight excluding hydrogens is 368 g/mol. The van der Waals surface area contributed by atoms with Crippen LogP contribution in [0.25, 0.3) is 10.8 Å². The van der Waals surface area contributed by atoms with Gasteiger partial charge in [-0.1, -0.05) is 60.3 Å². The molecule has 6 heteroatoms. The van der Waals surface area contributed by atoms with E-state index in [0.717, 1.165) is 11.0 Å². The van der Waals surface area contributed by atoms with Gasteiger partial charge in [-0.3, -0.25) is 4.79 Å². The number of benzene rings is 2. The first kappa shape index (κ1) is 20.1. The fourth-order valence-electron chi connectivity index (χ4n) is 3.07. The quantitative estimate of drug-likeness (QED) is 0.482. The smallest absolute Gasteiger partial charge is 0.230 e. The zero-order valence-electron chi connectivity index (χ0n) is 16.6. The number of rotatable bonds is 7.